The fourth-order valence-electron chi connectivity index (χ4n) is 1.83. The lowest BCUT2D eigenvalue weighted by Crippen LogP contribution is -2.40. The van der Waals surface area contributed by atoms with Crippen LogP contribution < -0.4 is 10.1 Å². The Kier molecular flexibility index (Phi) is 4.77. The van der Waals surface area contributed by atoms with Crippen LogP contribution in [0.4, 0.5) is 0 Å². The first kappa shape index (κ1) is 14.8. The lowest BCUT2D eigenvalue weighted by Gasteiger charge is -2.14. The van der Waals surface area contributed by atoms with Gasteiger partial charge in [0.15, 0.2) is 5.76 Å². The highest BCUT2D eigenvalue weighted by Gasteiger charge is 2.20. The fraction of sp³-hybridized carbons (Fsp3) is 0.250. The molecule has 0 unspecified atom stereocenters. The van der Waals surface area contributed by atoms with Gasteiger partial charge in [0.25, 0.3) is 5.91 Å². The van der Waals surface area contributed by atoms with Gasteiger partial charge in [-0.05, 0) is 37.1 Å². The van der Waals surface area contributed by atoms with Crippen LogP contribution in [0.15, 0.2) is 47.1 Å². The van der Waals surface area contributed by atoms with Crippen molar-refractivity contribution < 1.29 is 18.7 Å². The number of para-hydroxylation sites is 1. The van der Waals surface area contributed by atoms with Gasteiger partial charge in [-0.1, -0.05) is 25.1 Å². The maximum Gasteiger partial charge on any atom is 0.333 e. The molecular weight excluding hydrogens is 270 g/mol. The van der Waals surface area contributed by atoms with Crippen molar-refractivity contribution in [2.45, 2.75) is 26.3 Å². The first-order valence-corrected chi connectivity index (χ1v) is 6.75. The number of aryl methyl sites for hydroxylation is 1. The molecule has 0 bridgehead atoms. The smallest absolute Gasteiger partial charge is 0.333 e. The number of esters is 1. The van der Waals surface area contributed by atoms with Gasteiger partial charge in [0.1, 0.15) is 11.8 Å². The van der Waals surface area contributed by atoms with E-state index in [1.54, 1.807) is 25.1 Å². The Hall–Kier alpha value is -2.56. The van der Waals surface area contributed by atoms with Crippen molar-refractivity contribution in [2.75, 3.05) is 0 Å². The highest BCUT2D eigenvalue weighted by atomic mass is 16.5. The number of ether oxygens (including phenoxy) is 1. The second-order valence-corrected chi connectivity index (χ2v) is 4.55. The van der Waals surface area contributed by atoms with Crippen molar-refractivity contribution in [1.29, 1.82) is 0 Å². The van der Waals surface area contributed by atoms with Crippen LogP contribution in [0, 0.1) is 0 Å². The topological polar surface area (TPSA) is 68.5 Å². The van der Waals surface area contributed by atoms with Gasteiger partial charge in [0.2, 0.25) is 0 Å². The van der Waals surface area contributed by atoms with E-state index in [2.05, 4.69) is 5.32 Å². The summed E-state index contributed by atoms with van der Waals surface area (Å²) in [4.78, 5) is 23.8. The number of benzene rings is 1. The summed E-state index contributed by atoms with van der Waals surface area (Å²) in [6.07, 6.45) is 2.16. The first-order chi connectivity index (χ1) is 10.1. The Morgan fingerprint density at radius 2 is 2.00 bits per heavy atom. The predicted molar refractivity (Wildman–Crippen MR) is 77.1 cm³/mol. The van der Waals surface area contributed by atoms with Crippen LogP contribution in [-0.2, 0) is 11.2 Å². The van der Waals surface area contributed by atoms with E-state index >= 15 is 0 Å². The summed E-state index contributed by atoms with van der Waals surface area (Å²) in [6.45, 7) is 3.55. The molecule has 0 fully saturated rings. The van der Waals surface area contributed by atoms with E-state index in [1.165, 1.54) is 12.3 Å². The molecule has 1 heterocycles. The van der Waals surface area contributed by atoms with Gasteiger partial charge < -0.3 is 14.5 Å². The van der Waals surface area contributed by atoms with Crippen LogP contribution in [0.5, 0.6) is 5.75 Å². The number of rotatable bonds is 5. The molecule has 0 radical (unpaired) electrons. The molecule has 0 aliphatic carbocycles. The van der Waals surface area contributed by atoms with Crippen molar-refractivity contribution in [3.8, 4) is 5.75 Å². The molecule has 2 rings (SSSR count). The zero-order chi connectivity index (χ0) is 15.2. The summed E-state index contributed by atoms with van der Waals surface area (Å²) < 4.78 is 10.3. The molecule has 0 saturated carbocycles. The Morgan fingerprint density at radius 1 is 1.24 bits per heavy atom. The third-order valence-electron chi connectivity index (χ3n) is 3.01. The van der Waals surface area contributed by atoms with Gasteiger partial charge in [-0.2, -0.15) is 0 Å². The van der Waals surface area contributed by atoms with Crippen LogP contribution in [0.2, 0.25) is 0 Å². The second kappa shape index (κ2) is 6.74. The predicted octanol–water partition coefficient (Wildman–Crippen LogP) is 2.57. The Labute approximate surface area is 122 Å². The van der Waals surface area contributed by atoms with Crippen molar-refractivity contribution >= 4 is 11.9 Å². The average molecular weight is 287 g/mol. The van der Waals surface area contributed by atoms with Gasteiger partial charge in [-0.15, -0.1) is 0 Å². The summed E-state index contributed by atoms with van der Waals surface area (Å²) in [6, 6.07) is 9.68. The van der Waals surface area contributed by atoms with Gasteiger partial charge >= 0.3 is 5.97 Å². The molecule has 0 aliphatic heterocycles. The fourth-order valence-corrected chi connectivity index (χ4v) is 1.83. The molecule has 0 spiro atoms. The molecule has 2 aromatic rings. The van der Waals surface area contributed by atoms with E-state index in [-0.39, 0.29) is 5.76 Å². The molecular formula is C16H17NO4. The summed E-state index contributed by atoms with van der Waals surface area (Å²) in [5.41, 5.74) is 0.940. The monoisotopic (exact) mass is 287 g/mol. The molecule has 0 aliphatic rings. The largest absolute Gasteiger partial charge is 0.459 e. The molecule has 1 N–H and O–H groups in total. The minimum Gasteiger partial charge on any atom is -0.459 e. The standard InChI is InChI=1S/C16H17NO4/c1-3-12-7-4-5-8-13(12)21-16(19)11(2)17-15(18)14-9-6-10-20-14/h4-11H,3H2,1-2H3,(H,17,18)/t11-/m0/s1. The lowest BCUT2D eigenvalue weighted by atomic mass is 10.1. The minimum atomic E-state index is -0.771. The molecule has 110 valence electrons. The third kappa shape index (κ3) is 3.72. The van der Waals surface area contributed by atoms with Crippen LogP contribution in [0.3, 0.4) is 0 Å². The Balaban J connectivity index is 1.98. The van der Waals surface area contributed by atoms with Crippen LogP contribution in [0.25, 0.3) is 0 Å². The number of carbonyl (C=O) groups excluding carboxylic acids is 2. The number of furan rings is 1. The van der Waals surface area contributed by atoms with Crippen LogP contribution in [0.1, 0.15) is 30.0 Å². The number of hydrogen-bond donors (Lipinski definition) is 1. The number of hydrogen-bond acceptors (Lipinski definition) is 4. The van der Waals surface area contributed by atoms with E-state index in [1.807, 2.05) is 19.1 Å². The van der Waals surface area contributed by atoms with E-state index < -0.39 is 17.9 Å². The normalized spacial score (nSPS) is 11.7. The molecule has 1 aromatic heterocycles. The lowest BCUT2D eigenvalue weighted by molar-refractivity contribution is -0.136. The molecule has 5 nitrogen and oxygen atoms in total. The van der Waals surface area contributed by atoms with Crippen LogP contribution in [-0.4, -0.2) is 17.9 Å². The van der Waals surface area contributed by atoms with Gasteiger partial charge in [-0.3, -0.25) is 4.79 Å². The van der Waals surface area contributed by atoms with Crippen molar-refractivity contribution in [3.05, 3.63) is 54.0 Å². The zero-order valence-corrected chi connectivity index (χ0v) is 12.0. The highest BCUT2D eigenvalue weighted by Crippen LogP contribution is 2.18. The molecule has 1 amide bonds. The van der Waals surface area contributed by atoms with Gasteiger partial charge in [0.05, 0.1) is 6.26 Å². The maximum atomic E-state index is 12.0. The first-order valence-electron chi connectivity index (χ1n) is 6.75. The molecule has 1 aromatic carbocycles. The molecule has 0 saturated heterocycles. The summed E-state index contributed by atoms with van der Waals surface area (Å²) in [7, 11) is 0. The van der Waals surface area contributed by atoms with E-state index in [4.69, 9.17) is 9.15 Å². The third-order valence-corrected chi connectivity index (χ3v) is 3.01. The number of carbonyl (C=O) groups is 2. The number of amides is 1. The summed E-state index contributed by atoms with van der Waals surface area (Å²) in [5.74, 6) is -0.295. The van der Waals surface area contributed by atoms with Crippen molar-refractivity contribution in [3.63, 3.8) is 0 Å². The number of nitrogens with one attached hydrogen (secondary N) is 1. The quantitative estimate of drug-likeness (QED) is 0.678. The summed E-state index contributed by atoms with van der Waals surface area (Å²) >= 11 is 0. The highest BCUT2D eigenvalue weighted by molar-refractivity contribution is 5.94. The SMILES string of the molecule is CCc1ccccc1OC(=O)[C@H](C)NC(=O)c1ccco1. The average Bonchev–Trinajstić information content (AvgIpc) is 3.02. The Bertz CT molecular complexity index is 619. The molecule has 5 heteroatoms. The second-order valence-electron chi connectivity index (χ2n) is 4.55. The van der Waals surface area contributed by atoms with Crippen molar-refractivity contribution in [1.82, 2.24) is 5.32 Å². The molecule has 1 atom stereocenters. The van der Waals surface area contributed by atoms with E-state index in [0.29, 0.717) is 5.75 Å². The van der Waals surface area contributed by atoms with Gasteiger partial charge in [-0.25, -0.2) is 4.79 Å². The van der Waals surface area contributed by atoms with Gasteiger partial charge in [0, 0.05) is 0 Å². The van der Waals surface area contributed by atoms with E-state index in [9.17, 15) is 9.59 Å². The minimum absolute atomic E-state index is 0.156. The summed E-state index contributed by atoms with van der Waals surface area (Å²) in [5, 5.41) is 2.53. The Morgan fingerprint density at radius 3 is 2.67 bits per heavy atom. The van der Waals surface area contributed by atoms with Crippen molar-refractivity contribution in [2.24, 2.45) is 0 Å². The zero-order valence-electron chi connectivity index (χ0n) is 12.0. The van der Waals surface area contributed by atoms with Crippen LogP contribution >= 0.6 is 0 Å². The van der Waals surface area contributed by atoms with E-state index in [0.717, 1.165) is 12.0 Å². The molecule has 21 heavy (non-hydrogen) atoms. The maximum absolute atomic E-state index is 12.0.